The van der Waals surface area contributed by atoms with Crippen molar-refractivity contribution in [3.8, 4) is 0 Å². The van der Waals surface area contributed by atoms with Gasteiger partial charge < -0.3 is 15.1 Å². The van der Waals surface area contributed by atoms with Crippen molar-refractivity contribution >= 4 is 17.8 Å². The number of allylic oxidation sites excluding steroid dienone is 2. The maximum absolute atomic E-state index is 12.0. The molecule has 1 aromatic carbocycles. The largest absolute Gasteiger partial charge is 0.380 e. The van der Waals surface area contributed by atoms with Gasteiger partial charge in [0.2, 0.25) is 6.41 Å². The molecule has 1 aromatic rings. The van der Waals surface area contributed by atoms with Crippen molar-refractivity contribution in [2.45, 2.75) is 12.8 Å². The van der Waals surface area contributed by atoms with E-state index in [-0.39, 0.29) is 5.43 Å². The summed E-state index contributed by atoms with van der Waals surface area (Å²) >= 11 is 0. The molecule has 1 heterocycles. The number of nitrogens with one attached hydrogen (secondary N) is 1. The van der Waals surface area contributed by atoms with Crippen LogP contribution < -0.4 is 21.1 Å². The van der Waals surface area contributed by atoms with E-state index in [2.05, 4.69) is 17.5 Å². The molecular weight excluding hydrogens is 294 g/mol. The molecule has 1 aliphatic heterocycles. The third-order valence-electron chi connectivity index (χ3n) is 5.62. The zero-order chi connectivity index (χ0) is 16.0. The van der Waals surface area contributed by atoms with Gasteiger partial charge in [-0.05, 0) is 30.6 Å². The molecule has 1 N–H and O–H groups in total. The predicted molar refractivity (Wildman–Crippen MR) is 88.5 cm³/mol. The molecule has 0 spiro atoms. The molecular formula is C17H21N3O3. The summed E-state index contributed by atoms with van der Waals surface area (Å²) in [6, 6.07) is 0. The average Bonchev–Trinajstić information content (AvgIpc) is 3.21. The van der Waals surface area contributed by atoms with Crippen LogP contribution in [-0.2, 0) is 4.79 Å². The van der Waals surface area contributed by atoms with Crippen molar-refractivity contribution in [1.82, 2.24) is 4.90 Å². The molecule has 1 amide bonds. The quantitative estimate of drug-likeness (QED) is 0.477. The van der Waals surface area contributed by atoms with Crippen molar-refractivity contribution in [3.63, 3.8) is 0 Å². The van der Waals surface area contributed by atoms with E-state index in [0.29, 0.717) is 55.3 Å². The number of nitrogens with zero attached hydrogens (tertiary/aromatic N) is 2. The Kier molecular flexibility index (Phi) is 3.47. The van der Waals surface area contributed by atoms with Gasteiger partial charge in [0, 0.05) is 32.7 Å². The molecule has 1 saturated carbocycles. The first-order valence-electron chi connectivity index (χ1n) is 8.37. The highest BCUT2D eigenvalue weighted by Gasteiger charge is 2.36. The van der Waals surface area contributed by atoms with E-state index in [4.69, 9.17) is 0 Å². The summed E-state index contributed by atoms with van der Waals surface area (Å²) < 4.78 is 0. The normalized spacial score (nSPS) is 29.5. The number of amides is 1. The number of piperazine rings is 1. The predicted octanol–water partition coefficient (Wildman–Crippen LogP) is 0.185. The lowest BCUT2D eigenvalue weighted by Crippen LogP contribution is -2.51. The van der Waals surface area contributed by atoms with E-state index in [9.17, 15) is 14.4 Å². The Morgan fingerprint density at radius 1 is 1.09 bits per heavy atom. The molecule has 122 valence electrons. The fourth-order valence-electron chi connectivity index (χ4n) is 4.26. The van der Waals surface area contributed by atoms with Gasteiger partial charge in [-0.25, -0.2) is 0 Å². The number of carbonyl (C=O) groups is 1. The SMILES string of the molecule is O=CN1CCN(c2c(NC[C@@H]3C[C@@H]4C=C[C@H]3C4)c(=O)c2=O)CC1. The van der Waals surface area contributed by atoms with Gasteiger partial charge in [0.05, 0.1) is 0 Å². The Balaban J connectivity index is 1.42. The van der Waals surface area contributed by atoms with Crippen molar-refractivity contribution in [2.24, 2.45) is 17.8 Å². The lowest BCUT2D eigenvalue weighted by Gasteiger charge is -2.35. The fraction of sp³-hybridized carbons (Fsp3) is 0.588. The number of carbonyl (C=O) groups excluding carboxylic acids is 1. The molecule has 6 nitrogen and oxygen atoms in total. The van der Waals surface area contributed by atoms with Crippen LogP contribution in [0.25, 0.3) is 0 Å². The minimum atomic E-state index is -0.392. The van der Waals surface area contributed by atoms with Gasteiger partial charge in [0.25, 0.3) is 10.9 Å². The van der Waals surface area contributed by atoms with Crippen molar-refractivity contribution < 1.29 is 4.79 Å². The summed E-state index contributed by atoms with van der Waals surface area (Å²) in [4.78, 5) is 38.3. The van der Waals surface area contributed by atoms with Crippen molar-refractivity contribution in [1.29, 1.82) is 0 Å². The summed E-state index contributed by atoms with van der Waals surface area (Å²) in [6.45, 7) is 3.17. The fourth-order valence-corrected chi connectivity index (χ4v) is 4.26. The number of hydrogen-bond donors (Lipinski definition) is 1. The molecule has 0 aromatic heterocycles. The van der Waals surface area contributed by atoms with E-state index in [1.165, 1.54) is 12.8 Å². The van der Waals surface area contributed by atoms with Crippen LogP contribution >= 0.6 is 0 Å². The number of fused-ring (bicyclic) bond motifs is 2. The third kappa shape index (κ3) is 2.36. The molecule has 3 atom stereocenters. The maximum Gasteiger partial charge on any atom is 0.253 e. The molecule has 1 saturated heterocycles. The van der Waals surface area contributed by atoms with Crippen molar-refractivity contribution in [3.05, 3.63) is 32.6 Å². The van der Waals surface area contributed by atoms with Crippen LogP contribution in [0.1, 0.15) is 12.8 Å². The van der Waals surface area contributed by atoms with Crippen LogP contribution in [0.3, 0.4) is 0 Å². The summed E-state index contributed by atoms with van der Waals surface area (Å²) in [5.41, 5.74) is 0.233. The van der Waals surface area contributed by atoms with E-state index >= 15 is 0 Å². The Hall–Kier alpha value is -2.11. The van der Waals surface area contributed by atoms with E-state index in [1.807, 2.05) is 4.90 Å². The number of rotatable bonds is 5. The molecule has 0 unspecified atom stereocenters. The first-order valence-corrected chi connectivity index (χ1v) is 8.37. The Morgan fingerprint density at radius 2 is 1.87 bits per heavy atom. The van der Waals surface area contributed by atoms with E-state index in [0.717, 1.165) is 13.0 Å². The molecule has 2 aliphatic carbocycles. The minimum absolute atomic E-state index is 0.389. The molecule has 23 heavy (non-hydrogen) atoms. The van der Waals surface area contributed by atoms with Crippen LogP contribution in [0.5, 0.6) is 0 Å². The van der Waals surface area contributed by atoms with Gasteiger partial charge in [-0.3, -0.25) is 14.4 Å². The molecule has 3 aliphatic rings. The summed E-state index contributed by atoms with van der Waals surface area (Å²) in [5.74, 6) is 1.89. The zero-order valence-corrected chi connectivity index (χ0v) is 13.0. The van der Waals surface area contributed by atoms with Gasteiger partial charge in [-0.15, -0.1) is 0 Å². The van der Waals surface area contributed by atoms with E-state index < -0.39 is 5.43 Å². The topological polar surface area (TPSA) is 69.7 Å². The molecule has 4 rings (SSSR count). The standard InChI is InChI=1S/C17H21N3O3/c21-10-19-3-5-20(6-4-19)15-14(16(22)17(15)23)18-9-13-8-11-1-2-12(13)7-11/h1-2,10-13,18H,3-9H2/t11-,12+,13+/m1/s1. The second kappa shape index (κ2) is 5.51. The highest BCUT2D eigenvalue weighted by molar-refractivity contribution is 5.75. The van der Waals surface area contributed by atoms with E-state index in [1.54, 1.807) is 4.90 Å². The highest BCUT2D eigenvalue weighted by atomic mass is 16.2. The van der Waals surface area contributed by atoms with Crippen LogP contribution in [-0.4, -0.2) is 44.0 Å². The molecule has 6 heteroatoms. The van der Waals surface area contributed by atoms with Crippen LogP contribution in [0.15, 0.2) is 21.7 Å². The average molecular weight is 315 g/mol. The second-order valence-corrected chi connectivity index (χ2v) is 6.93. The first-order chi connectivity index (χ1) is 11.2. The lowest BCUT2D eigenvalue weighted by molar-refractivity contribution is -0.118. The summed E-state index contributed by atoms with van der Waals surface area (Å²) in [7, 11) is 0. The summed E-state index contributed by atoms with van der Waals surface area (Å²) in [5, 5.41) is 3.25. The smallest absolute Gasteiger partial charge is 0.253 e. The van der Waals surface area contributed by atoms with Gasteiger partial charge >= 0.3 is 0 Å². The van der Waals surface area contributed by atoms with Crippen molar-refractivity contribution in [2.75, 3.05) is 42.9 Å². The Bertz CT molecular complexity index is 711. The minimum Gasteiger partial charge on any atom is -0.380 e. The van der Waals surface area contributed by atoms with Crippen LogP contribution in [0.2, 0.25) is 0 Å². The third-order valence-corrected chi connectivity index (χ3v) is 5.62. The van der Waals surface area contributed by atoms with Gasteiger partial charge in [-0.2, -0.15) is 0 Å². The first kappa shape index (κ1) is 14.5. The Morgan fingerprint density at radius 3 is 2.48 bits per heavy atom. The van der Waals surface area contributed by atoms with Crippen LogP contribution in [0, 0.1) is 17.8 Å². The zero-order valence-electron chi connectivity index (χ0n) is 13.0. The maximum atomic E-state index is 12.0. The summed E-state index contributed by atoms with van der Waals surface area (Å²) in [6.07, 6.45) is 7.84. The second-order valence-electron chi connectivity index (χ2n) is 6.93. The molecule has 0 radical (unpaired) electrons. The monoisotopic (exact) mass is 315 g/mol. The van der Waals surface area contributed by atoms with Gasteiger partial charge in [0.1, 0.15) is 11.4 Å². The number of hydrogen-bond acceptors (Lipinski definition) is 5. The molecule has 2 bridgehead atoms. The molecule has 2 fully saturated rings. The lowest BCUT2D eigenvalue weighted by atomic mass is 9.93. The van der Waals surface area contributed by atoms with Gasteiger partial charge in [0.15, 0.2) is 0 Å². The van der Waals surface area contributed by atoms with Crippen LogP contribution in [0.4, 0.5) is 11.4 Å². The van der Waals surface area contributed by atoms with Gasteiger partial charge in [-0.1, -0.05) is 12.2 Å². The highest BCUT2D eigenvalue weighted by Crippen LogP contribution is 2.43. The Labute approximate surface area is 134 Å². The number of anilines is 2.